The van der Waals surface area contributed by atoms with Crippen molar-refractivity contribution in [1.82, 2.24) is 14.7 Å². The molecule has 0 saturated carbocycles. The number of β-lactam (4-membered cyclic amide) rings is 1. The van der Waals surface area contributed by atoms with Gasteiger partial charge < -0.3 is 5.11 Å². The lowest BCUT2D eigenvalue weighted by Gasteiger charge is -2.36. The maximum absolute atomic E-state index is 12.1. The molecule has 108 valence electrons. The van der Waals surface area contributed by atoms with E-state index < -0.39 is 5.97 Å². The van der Waals surface area contributed by atoms with Gasteiger partial charge in [-0.3, -0.25) is 14.4 Å². The molecule has 1 N–H and O–H groups in total. The van der Waals surface area contributed by atoms with Crippen molar-refractivity contribution >= 4 is 41.5 Å². The van der Waals surface area contributed by atoms with E-state index in [9.17, 15) is 9.59 Å². The number of carbonyl (C=O) groups is 2. The number of fused-ring (bicyclic) bond motifs is 2. The summed E-state index contributed by atoms with van der Waals surface area (Å²) < 4.78 is 1.98. The van der Waals surface area contributed by atoms with Crippen LogP contribution in [0.15, 0.2) is 22.7 Å². The van der Waals surface area contributed by atoms with Crippen molar-refractivity contribution in [3.63, 3.8) is 0 Å². The summed E-state index contributed by atoms with van der Waals surface area (Å²) in [5.41, 5.74) is 2.63. The van der Waals surface area contributed by atoms with E-state index in [0.29, 0.717) is 5.57 Å². The summed E-state index contributed by atoms with van der Waals surface area (Å²) >= 11 is 3.22. The average Bonchev–Trinajstić information content (AvgIpc) is 3.05. The monoisotopic (exact) mass is 321 g/mol. The van der Waals surface area contributed by atoms with Gasteiger partial charge >= 0.3 is 5.97 Å². The van der Waals surface area contributed by atoms with Gasteiger partial charge in [0.2, 0.25) is 0 Å². The van der Waals surface area contributed by atoms with Crippen LogP contribution < -0.4 is 0 Å². The summed E-state index contributed by atoms with van der Waals surface area (Å²) in [6.45, 7) is 0.895. The molecule has 0 bridgehead atoms. The predicted molar refractivity (Wildman–Crippen MR) is 80.3 cm³/mol. The highest BCUT2D eigenvalue weighted by atomic mass is 32.2. The van der Waals surface area contributed by atoms with E-state index in [1.54, 1.807) is 6.08 Å². The molecular weight excluding hydrogens is 310 g/mol. The number of hydrogen-bond donors (Lipinski definition) is 1. The standard InChI is InChI=1S/C13H11N3O3S2/c17-11-9(12-16(11)10(6-21-12)13(18)19)4-7-3-8-5-20-2-1-15(8)14-7/h3-4,6,12H,1-2,5H2,(H,18,19)/t12-/m1/s1. The maximum Gasteiger partial charge on any atom is 0.353 e. The number of rotatable bonds is 2. The first-order valence-electron chi connectivity index (χ1n) is 6.44. The summed E-state index contributed by atoms with van der Waals surface area (Å²) in [6, 6.07) is 2.00. The largest absolute Gasteiger partial charge is 0.477 e. The smallest absolute Gasteiger partial charge is 0.353 e. The van der Waals surface area contributed by atoms with Crippen LogP contribution in [0.1, 0.15) is 11.4 Å². The van der Waals surface area contributed by atoms with Crippen LogP contribution >= 0.6 is 23.5 Å². The summed E-state index contributed by atoms with van der Waals surface area (Å²) in [6.07, 6.45) is 1.78. The lowest BCUT2D eigenvalue weighted by atomic mass is 10.0. The Morgan fingerprint density at radius 2 is 2.38 bits per heavy atom. The lowest BCUT2D eigenvalue weighted by Crippen LogP contribution is -2.51. The van der Waals surface area contributed by atoms with E-state index in [2.05, 4.69) is 5.10 Å². The third kappa shape index (κ3) is 1.93. The highest BCUT2D eigenvalue weighted by Crippen LogP contribution is 2.45. The second kappa shape index (κ2) is 4.67. The quantitative estimate of drug-likeness (QED) is 0.655. The third-order valence-electron chi connectivity index (χ3n) is 3.64. The van der Waals surface area contributed by atoms with Crippen LogP contribution in [0.5, 0.6) is 0 Å². The van der Waals surface area contributed by atoms with E-state index in [0.717, 1.165) is 23.7 Å². The van der Waals surface area contributed by atoms with Crippen molar-refractivity contribution in [3.8, 4) is 0 Å². The molecule has 1 aromatic rings. The molecule has 4 heterocycles. The van der Waals surface area contributed by atoms with Crippen LogP contribution in [-0.2, 0) is 21.9 Å². The van der Waals surface area contributed by atoms with E-state index in [4.69, 9.17) is 5.11 Å². The molecular formula is C13H11N3O3S2. The van der Waals surface area contributed by atoms with Gasteiger partial charge in [-0.05, 0) is 12.1 Å². The second-order valence-electron chi connectivity index (χ2n) is 4.91. The van der Waals surface area contributed by atoms with Crippen LogP contribution in [0.3, 0.4) is 0 Å². The van der Waals surface area contributed by atoms with Gasteiger partial charge in [-0.1, -0.05) is 0 Å². The second-order valence-corrected chi connectivity index (χ2v) is 6.97. The molecule has 0 aromatic carbocycles. The molecule has 4 rings (SSSR count). The average molecular weight is 321 g/mol. The van der Waals surface area contributed by atoms with E-state index in [-0.39, 0.29) is 17.0 Å². The zero-order chi connectivity index (χ0) is 14.6. The van der Waals surface area contributed by atoms with Gasteiger partial charge in [-0.25, -0.2) is 4.79 Å². The van der Waals surface area contributed by atoms with Crippen molar-refractivity contribution < 1.29 is 14.7 Å². The number of carbonyl (C=O) groups excluding carboxylic acids is 1. The van der Waals surface area contributed by atoms with E-state index >= 15 is 0 Å². The van der Waals surface area contributed by atoms with Crippen LogP contribution in [0.2, 0.25) is 0 Å². The summed E-state index contributed by atoms with van der Waals surface area (Å²) in [5.74, 6) is 0.701. The number of thioether (sulfide) groups is 2. The summed E-state index contributed by atoms with van der Waals surface area (Å²) in [5, 5.41) is 14.8. The number of nitrogens with zero attached hydrogens (tertiary/aromatic N) is 3. The molecule has 0 aliphatic carbocycles. The molecule has 1 aromatic heterocycles. The molecule has 0 radical (unpaired) electrons. The minimum atomic E-state index is -1.06. The van der Waals surface area contributed by atoms with Crippen LogP contribution in [0, 0.1) is 0 Å². The molecule has 1 amide bonds. The molecule has 0 unspecified atom stereocenters. The number of carboxylic acid groups (broad SMARTS) is 1. The number of aromatic nitrogens is 2. The molecule has 6 nitrogen and oxygen atoms in total. The first-order chi connectivity index (χ1) is 10.1. The SMILES string of the molecule is O=C(O)C1=CS[C@@H]2C(=Cc3cc4n(n3)CCSC4)C(=O)N12. The Balaban J connectivity index is 1.60. The van der Waals surface area contributed by atoms with Crippen LogP contribution in [0.25, 0.3) is 6.08 Å². The first-order valence-corrected chi connectivity index (χ1v) is 8.53. The van der Waals surface area contributed by atoms with Crippen molar-refractivity contribution in [2.45, 2.75) is 17.7 Å². The summed E-state index contributed by atoms with van der Waals surface area (Å²) in [7, 11) is 0. The Bertz CT molecular complexity index is 699. The molecule has 1 atom stereocenters. The number of hydrogen-bond acceptors (Lipinski definition) is 5. The Kier molecular flexibility index (Phi) is 2.90. The maximum atomic E-state index is 12.1. The fraction of sp³-hybridized carbons (Fsp3) is 0.308. The van der Waals surface area contributed by atoms with Crippen molar-refractivity contribution in [3.05, 3.63) is 34.1 Å². The van der Waals surface area contributed by atoms with Gasteiger partial charge in [-0.15, -0.1) is 11.8 Å². The van der Waals surface area contributed by atoms with Crippen molar-refractivity contribution in [2.24, 2.45) is 0 Å². The number of carboxylic acids is 1. The number of aryl methyl sites for hydroxylation is 1. The fourth-order valence-corrected chi connectivity index (χ4v) is 4.62. The first kappa shape index (κ1) is 13.0. The lowest BCUT2D eigenvalue weighted by molar-refractivity contribution is -0.141. The van der Waals surface area contributed by atoms with Crippen molar-refractivity contribution in [2.75, 3.05) is 5.75 Å². The highest BCUT2D eigenvalue weighted by molar-refractivity contribution is 8.03. The Morgan fingerprint density at radius 3 is 3.14 bits per heavy atom. The van der Waals surface area contributed by atoms with Crippen LogP contribution in [0.4, 0.5) is 0 Å². The Hall–Kier alpha value is -1.67. The highest BCUT2D eigenvalue weighted by Gasteiger charge is 2.49. The fourth-order valence-electron chi connectivity index (χ4n) is 2.61. The van der Waals surface area contributed by atoms with E-state index in [1.807, 2.05) is 22.5 Å². The Morgan fingerprint density at radius 1 is 1.52 bits per heavy atom. The van der Waals surface area contributed by atoms with E-state index in [1.165, 1.54) is 27.8 Å². The number of aliphatic carboxylic acids is 1. The molecule has 3 aliphatic rings. The molecule has 1 saturated heterocycles. The summed E-state index contributed by atoms with van der Waals surface area (Å²) in [4.78, 5) is 24.5. The zero-order valence-corrected chi connectivity index (χ0v) is 12.5. The Labute approximate surface area is 128 Å². The molecule has 21 heavy (non-hydrogen) atoms. The van der Waals surface area contributed by atoms with Gasteiger partial charge in [-0.2, -0.15) is 16.9 Å². The molecule has 8 heteroatoms. The number of amides is 1. The molecule has 3 aliphatic heterocycles. The topological polar surface area (TPSA) is 75.4 Å². The van der Waals surface area contributed by atoms with Gasteiger partial charge in [0, 0.05) is 22.6 Å². The van der Waals surface area contributed by atoms with Crippen molar-refractivity contribution in [1.29, 1.82) is 0 Å². The zero-order valence-electron chi connectivity index (χ0n) is 10.9. The minimum Gasteiger partial charge on any atom is -0.477 e. The normalized spacial score (nSPS) is 25.4. The minimum absolute atomic E-state index is 0.0627. The molecule has 0 spiro atoms. The van der Waals surface area contributed by atoms with Gasteiger partial charge in [0.15, 0.2) is 0 Å². The third-order valence-corrected chi connectivity index (χ3v) is 5.69. The van der Waals surface area contributed by atoms with Crippen LogP contribution in [-0.4, -0.2) is 42.8 Å². The van der Waals surface area contributed by atoms with Gasteiger partial charge in [0.25, 0.3) is 5.91 Å². The molecule has 1 fully saturated rings. The van der Waals surface area contributed by atoms with Gasteiger partial charge in [0.05, 0.1) is 17.8 Å². The predicted octanol–water partition coefficient (Wildman–Crippen LogP) is 1.35. The van der Waals surface area contributed by atoms with Gasteiger partial charge in [0.1, 0.15) is 11.1 Å².